The van der Waals surface area contributed by atoms with Gasteiger partial charge >= 0.3 is 0 Å². The number of nitrogen functional groups attached to an aromatic ring is 1. The first kappa shape index (κ1) is 11.1. The second kappa shape index (κ2) is 5.07. The largest absolute Gasteiger partial charge is 0.494 e. The van der Waals surface area contributed by atoms with Gasteiger partial charge in [-0.3, -0.25) is 0 Å². The fraction of sp³-hybridized carbons (Fsp3) is 0.500. The lowest BCUT2D eigenvalue weighted by molar-refractivity contribution is 0.195. The lowest BCUT2D eigenvalue weighted by Gasteiger charge is -2.14. The van der Waals surface area contributed by atoms with Gasteiger partial charge in [0.25, 0.3) is 0 Å². The molecule has 1 aliphatic heterocycles. The minimum absolute atomic E-state index is 0.385. The van der Waals surface area contributed by atoms with Gasteiger partial charge in [-0.15, -0.1) is 0 Å². The second-order valence-corrected chi connectivity index (χ2v) is 3.93. The van der Waals surface area contributed by atoms with Crippen LogP contribution in [0.5, 0.6) is 5.75 Å². The summed E-state index contributed by atoms with van der Waals surface area (Å²) in [6.45, 7) is 4.20. The van der Waals surface area contributed by atoms with Crippen molar-refractivity contribution in [2.75, 3.05) is 30.9 Å². The van der Waals surface area contributed by atoms with Gasteiger partial charge in [0.1, 0.15) is 5.75 Å². The Labute approximate surface area is 95.7 Å². The molecule has 0 radical (unpaired) electrons. The third-order valence-electron chi connectivity index (χ3n) is 2.54. The van der Waals surface area contributed by atoms with Crippen LogP contribution in [0, 0.1) is 0 Å². The number of hydrogen-bond donors (Lipinski definition) is 2. The van der Waals surface area contributed by atoms with E-state index in [0.717, 1.165) is 31.1 Å². The van der Waals surface area contributed by atoms with Crippen LogP contribution >= 0.6 is 0 Å². The van der Waals surface area contributed by atoms with Gasteiger partial charge in [0.05, 0.1) is 19.3 Å². The van der Waals surface area contributed by atoms with Gasteiger partial charge in [-0.25, -0.2) is 0 Å². The molecule has 1 atom stereocenters. The highest BCUT2D eigenvalue weighted by Gasteiger charge is 2.15. The monoisotopic (exact) mass is 222 g/mol. The first-order chi connectivity index (χ1) is 7.78. The van der Waals surface area contributed by atoms with Gasteiger partial charge in [-0.2, -0.15) is 0 Å². The maximum Gasteiger partial charge on any atom is 0.123 e. The molecule has 4 heteroatoms. The number of anilines is 2. The molecule has 16 heavy (non-hydrogen) atoms. The molecule has 1 aromatic rings. The first-order valence-corrected chi connectivity index (χ1v) is 5.65. The average Bonchev–Trinajstić information content (AvgIpc) is 2.70. The summed E-state index contributed by atoms with van der Waals surface area (Å²) in [4.78, 5) is 0. The zero-order chi connectivity index (χ0) is 11.4. The molecule has 0 amide bonds. The van der Waals surface area contributed by atoms with Crippen LogP contribution in [0.4, 0.5) is 11.4 Å². The van der Waals surface area contributed by atoms with Gasteiger partial charge in [-0.1, -0.05) is 0 Å². The number of nitrogens with one attached hydrogen (secondary N) is 1. The number of ether oxygens (including phenoxy) is 2. The molecule has 1 aliphatic rings. The third kappa shape index (κ3) is 2.79. The fourth-order valence-electron chi connectivity index (χ4n) is 1.84. The highest BCUT2D eigenvalue weighted by Crippen LogP contribution is 2.24. The van der Waals surface area contributed by atoms with Crippen molar-refractivity contribution < 1.29 is 9.47 Å². The summed E-state index contributed by atoms with van der Waals surface area (Å²) in [5.74, 6) is 0.809. The van der Waals surface area contributed by atoms with E-state index in [4.69, 9.17) is 15.2 Å². The van der Waals surface area contributed by atoms with Gasteiger partial charge < -0.3 is 20.5 Å². The van der Waals surface area contributed by atoms with Crippen LogP contribution in [-0.2, 0) is 4.74 Å². The van der Waals surface area contributed by atoms with Crippen molar-refractivity contribution in [2.24, 2.45) is 0 Å². The molecule has 0 bridgehead atoms. The van der Waals surface area contributed by atoms with Crippen molar-refractivity contribution in [2.45, 2.75) is 19.4 Å². The van der Waals surface area contributed by atoms with Gasteiger partial charge in [0.15, 0.2) is 0 Å². The van der Waals surface area contributed by atoms with Crippen molar-refractivity contribution in [3.05, 3.63) is 18.2 Å². The Balaban J connectivity index is 2.06. The van der Waals surface area contributed by atoms with Crippen LogP contribution in [0.1, 0.15) is 13.3 Å². The molecule has 0 spiro atoms. The molecule has 2 rings (SSSR count). The summed E-state index contributed by atoms with van der Waals surface area (Å²) in [6.07, 6.45) is 1.04. The van der Waals surface area contributed by atoms with Crippen molar-refractivity contribution in [1.82, 2.24) is 0 Å². The predicted molar refractivity (Wildman–Crippen MR) is 64.9 cm³/mol. The summed E-state index contributed by atoms with van der Waals surface area (Å²) < 4.78 is 10.8. The van der Waals surface area contributed by atoms with E-state index in [1.54, 1.807) is 0 Å². The molecule has 4 nitrogen and oxygen atoms in total. The Morgan fingerprint density at radius 1 is 1.50 bits per heavy atom. The Hall–Kier alpha value is -1.42. The summed E-state index contributed by atoms with van der Waals surface area (Å²) in [5.41, 5.74) is 7.53. The third-order valence-corrected chi connectivity index (χ3v) is 2.54. The maximum atomic E-state index is 5.81. The Morgan fingerprint density at radius 2 is 2.38 bits per heavy atom. The van der Waals surface area contributed by atoms with E-state index in [-0.39, 0.29) is 0 Å². The molecular weight excluding hydrogens is 204 g/mol. The van der Waals surface area contributed by atoms with Crippen molar-refractivity contribution in [3.63, 3.8) is 0 Å². The lowest BCUT2D eigenvalue weighted by Crippen LogP contribution is -2.18. The minimum Gasteiger partial charge on any atom is -0.494 e. The van der Waals surface area contributed by atoms with E-state index in [2.05, 4.69) is 5.32 Å². The molecule has 0 aliphatic carbocycles. The Kier molecular flexibility index (Phi) is 3.51. The smallest absolute Gasteiger partial charge is 0.123 e. The summed E-state index contributed by atoms with van der Waals surface area (Å²) >= 11 is 0. The van der Waals surface area contributed by atoms with Crippen LogP contribution in [-0.4, -0.2) is 25.9 Å². The molecule has 1 fully saturated rings. The van der Waals surface area contributed by atoms with Crippen molar-refractivity contribution in [1.29, 1.82) is 0 Å². The quantitative estimate of drug-likeness (QED) is 0.764. The van der Waals surface area contributed by atoms with Crippen molar-refractivity contribution in [3.8, 4) is 5.75 Å². The zero-order valence-corrected chi connectivity index (χ0v) is 9.53. The van der Waals surface area contributed by atoms with E-state index in [1.807, 2.05) is 25.1 Å². The van der Waals surface area contributed by atoms with E-state index in [0.29, 0.717) is 18.3 Å². The molecular formula is C12H18N2O2. The van der Waals surface area contributed by atoms with Crippen molar-refractivity contribution >= 4 is 11.4 Å². The lowest BCUT2D eigenvalue weighted by atomic mass is 10.2. The SMILES string of the molecule is CCOc1cc(N)cc(NC2CCOC2)c1. The van der Waals surface area contributed by atoms with Crippen LogP contribution < -0.4 is 15.8 Å². The van der Waals surface area contributed by atoms with Gasteiger partial charge in [0, 0.05) is 30.1 Å². The van der Waals surface area contributed by atoms with E-state index in [9.17, 15) is 0 Å². The Bertz CT molecular complexity index is 349. The van der Waals surface area contributed by atoms with Gasteiger partial charge in [-0.05, 0) is 19.4 Å². The summed E-state index contributed by atoms with van der Waals surface area (Å²) in [7, 11) is 0. The molecule has 1 unspecified atom stereocenters. The zero-order valence-electron chi connectivity index (χ0n) is 9.53. The topological polar surface area (TPSA) is 56.5 Å². The molecule has 3 N–H and O–H groups in total. The minimum atomic E-state index is 0.385. The highest BCUT2D eigenvalue weighted by molar-refractivity contribution is 5.59. The molecule has 0 saturated carbocycles. The van der Waals surface area contributed by atoms with Crippen LogP contribution in [0.2, 0.25) is 0 Å². The number of benzene rings is 1. The number of nitrogens with two attached hydrogens (primary N) is 1. The number of rotatable bonds is 4. The van der Waals surface area contributed by atoms with Crippen LogP contribution in [0.15, 0.2) is 18.2 Å². The average molecular weight is 222 g/mol. The number of hydrogen-bond acceptors (Lipinski definition) is 4. The first-order valence-electron chi connectivity index (χ1n) is 5.65. The summed E-state index contributed by atoms with van der Waals surface area (Å²) in [5, 5.41) is 3.40. The molecule has 1 saturated heterocycles. The van der Waals surface area contributed by atoms with Crippen LogP contribution in [0.3, 0.4) is 0 Å². The van der Waals surface area contributed by atoms with E-state index >= 15 is 0 Å². The molecule has 1 aromatic carbocycles. The standard InChI is InChI=1S/C12H18N2O2/c1-2-16-12-6-9(13)5-11(7-12)14-10-3-4-15-8-10/h5-7,10,14H,2-4,8,13H2,1H3. The Morgan fingerprint density at radius 3 is 3.06 bits per heavy atom. The molecule has 88 valence electrons. The highest BCUT2D eigenvalue weighted by atomic mass is 16.5. The maximum absolute atomic E-state index is 5.81. The summed E-state index contributed by atoms with van der Waals surface area (Å²) in [6, 6.07) is 6.11. The van der Waals surface area contributed by atoms with Gasteiger partial charge in [0.2, 0.25) is 0 Å². The van der Waals surface area contributed by atoms with E-state index < -0.39 is 0 Å². The molecule has 0 aromatic heterocycles. The molecule has 1 heterocycles. The predicted octanol–water partition coefficient (Wildman–Crippen LogP) is 1.87. The van der Waals surface area contributed by atoms with Crippen LogP contribution in [0.25, 0.3) is 0 Å². The fourth-order valence-corrected chi connectivity index (χ4v) is 1.84. The normalized spacial score (nSPS) is 19.7. The van der Waals surface area contributed by atoms with E-state index in [1.165, 1.54) is 0 Å². The second-order valence-electron chi connectivity index (χ2n) is 3.93.